The number of nitrogens with zero attached hydrogens (tertiary/aromatic N) is 3. The van der Waals surface area contributed by atoms with Crippen LogP contribution < -0.4 is 15.5 Å². The monoisotopic (exact) mass is 354 g/mol. The summed E-state index contributed by atoms with van der Waals surface area (Å²) in [6.45, 7) is 8.81. The highest BCUT2D eigenvalue weighted by Gasteiger charge is 2.22. The largest absolute Gasteiger partial charge is 0.378 e. The molecule has 0 bridgehead atoms. The molecule has 0 radical (unpaired) electrons. The molecule has 2 fully saturated rings. The van der Waals surface area contributed by atoms with E-state index in [1.165, 1.54) is 6.21 Å². The number of piperidine rings is 1. The van der Waals surface area contributed by atoms with Gasteiger partial charge in [-0.1, -0.05) is 13.8 Å². The highest BCUT2D eigenvalue weighted by molar-refractivity contribution is 6.28. The van der Waals surface area contributed by atoms with Crippen LogP contribution in [0.5, 0.6) is 0 Å². The van der Waals surface area contributed by atoms with Gasteiger partial charge in [0.05, 0.1) is 18.8 Å². The number of ether oxygens (including phenoxy) is 1. The second-order valence-electron chi connectivity index (χ2n) is 5.49. The summed E-state index contributed by atoms with van der Waals surface area (Å²) in [7, 11) is 0. The Labute approximate surface area is 148 Å². The second-order valence-corrected chi connectivity index (χ2v) is 5.83. The van der Waals surface area contributed by atoms with Crippen LogP contribution >= 0.6 is 11.6 Å². The van der Waals surface area contributed by atoms with E-state index < -0.39 is 0 Å². The van der Waals surface area contributed by atoms with Crippen LogP contribution in [0.1, 0.15) is 32.3 Å². The number of halogens is 1. The molecular weight excluding hydrogens is 328 g/mol. The van der Waals surface area contributed by atoms with Crippen molar-refractivity contribution in [3.05, 3.63) is 10.8 Å². The minimum Gasteiger partial charge on any atom is -0.378 e. The summed E-state index contributed by atoms with van der Waals surface area (Å²) >= 11 is 6.11. The first-order valence-corrected chi connectivity index (χ1v) is 9.03. The van der Waals surface area contributed by atoms with Crippen molar-refractivity contribution < 1.29 is 4.74 Å². The molecule has 0 spiro atoms. The van der Waals surface area contributed by atoms with Gasteiger partial charge in [-0.05, 0) is 37.5 Å². The Hall–Kier alpha value is -1.44. The molecule has 0 aliphatic carbocycles. The van der Waals surface area contributed by atoms with Crippen molar-refractivity contribution in [2.45, 2.75) is 32.7 Å². The molecular formula is C16H27ClN6O. The Morgan fingerprint density at radius 2 is 1.92 bits per heavy atom. The third-order valence-electron chi connectivity index (χ3n) is 4.03. The van der Waals surface area contributed by atoms with Gasteiger partial charge in [-0.15, -0.1) is 0 Å². The lowest BCUT2D eigenvalue weighted by atomic mass is 10.1. The highest BCUT2D eigenvalue weighted by Crippen LogP contribution is 2.26. The van der Waals surface area contributed by atoms with Gasteiger partial charge >= 0.3 is 0 Å². The lowest BCUT2D eigenvalue weighted by Gasteiger charge is -2.30. The summed E-state index contributed by atoms with van der Waals surface area (Å²) < 4.78 is 5.38. The van der Waals surface area contributed by atoms with E-state index in [1.807, 2.05) is 13.8 Å². The minimum absolute atomic E-state index is 0.212. The number of nitrogens with one attached hydrogen (secondary N) is 3. The fraction of sp³-hybridized carbons (Fsp3) is 0.688. The second kappa shape index (κ2) is 9.76. The van der Waals surface area contributed by atoms with Gasteiger partial charge in [0.15, 0.2) is 0 Å². The van der Waals surface area contributed by atoms with Crippen molar-refractivity contribution >= 4 is 29.5 Å². The van der Waals surface area contributed by atoms with Crippen molar-refractivity contribution in [3.8, 4) is 0 Å². The van der Waals surface area contributed by atoms with Crippen LogP contribution in [0.25, 0.3) is 0 Å². The van der Waals surface area contributed by atoms with Gasteiger partial charge in [0, 0.05) is 25.3 Å². The molecule has 1 aromatic heterocycles. The quantitative estimate of drug-likeness (QED) is 0.567. The van der Waals surface area contributed by atoms with Crippen molar-refractivity contribution in [3.63, 3.8) is 0 Å². The molecule has 3 heterocycles. The van der Waals surface area contributed by atoms with Gasteiger partial charge < -0.3 is 25.7 Å². The minimum atomic E-state index is 0.212. The standard InChI is InChI=1S/C14H21ClN6O.C2H6/c15-14-19-12(18-10-1-3-17-4-2-10)11(9-16)13(20-14)21-5-7-22-8-6-21;1-2/h9-10,16-17H,1-8H2,(H,18,19,20);1-2H3. The third kappa shape index (κ3) is 4.78. The summed E-state index contributed by atoms with van der Waals surface area (Å²) in [5, 5.41) is 14.8. The molecule has 8 heteroatoms. The van der Waals surface area contributed by atoms with E-state index in [0.717, 1.165) is 44.8 Å². The van der Waals surface area contributed by atoms with Crippen LogP contribution in [0.2, 0.25) is 5.28 Å². The molecule has 0 aromatic carbocycles. The first kappa shape index (κ1) is 18.9. The maximum atomic E-state index is 7.77. The predicted octanol–water partition coefficient (Wildman–Crippen LogP) is 2.15. The maximum Gasteiger partial charge on any atom is 0.226 e. The average molecular weight is 355 g/mol. The van der Waals surface area contributed by atoms with E-state index in [1.54, 1.807) is 0 Å². The molecule has 7 nitrogen and oxygen atoms in total. The highest BCUT2D eigenvalue weighted by atomic mass is 35.5. The number of hydrogen-bond acceptors (Lipinski definition) is 7. The van der Waals surface area contributed by atoms with Gasteiger partial charge in [-0.25, -0.2) is 0 Å². The molecule has 2 saturated heterocycles. The lowest BCUT2D eigenvalue weighted by Crippen LogP contribution is -2.38. The molecule has 0 unspecified atom stereocenters. The topological polar surface area (TPSA) is 86.2 Å². The number of rotatable bonds is 4. The van der Waals surface area contributed by atoms with Crippen molar-refractivity contribution in [1.82, 2.24) is 15.3 Å². The Morgan fingerprint density at radius 1 is 1.25 bits per heavy atom. The van der Waals surface area contributed by atoms with Gasteiger partial charge in [0.1, 0.15) is 11.6 Å². The van der Waals surface area contributed by atoms with Crippen LogP contribution in [0.4, 0.5) is 11.6 Å². The lowest BCUT2D eigenvalue weighted by molar-refractivity contribution is 0.122. The summed E-state index contributed by atoms with van der Waals surface area (Å²) in [5.74, 6) is 1.37. The van der Waals surface area contributed by atoms with Crippen molar-refractivity contribution in [2.75, 3.05) is 49.6 Å². The summed E-state index contributed by atoms with van der Waals surface area (Å²) in [5.41, 5.74) is 0.699. The van der Waals surface area contributed by atoms with Crippen LogP contribution in [0.3, 0.4) is 0 Å². The SMILES string of the molecule is CC.N=Cc1c(NC2CCNCC2)nc(Cl)nc1N1CCOCC1. The average Bonchev–Trinajstić information content (AvgIpc) is 2.64. The van der Waals surface area contributed by atoms with Gasteiger partial charge in [-0.3, -0.25) is 0 Å². The van der Waals surface area contributed by atoms with Crippen LogP contribution in [-0.4, -0.2) is 61.6 Å². The number of anilines is 2. The first-order chi connectivity index (χ1) is 11.8. The van der Waals surface area contributed by atoms with Gasteiger partial charge in [-0.2, -0.15) is 9.97 Å². The summed E-state index contributed by atoms with van der Waals surface area (Å²) in [6, 6.07) is 0.350. The summed E-state index contributed by atoms with van der Waals surface area (Å²) in [4.78, 5) is 10.8. The van der Waals surface area contributed by atoms with E-state index >= 15 is 0 Å². The molecule has 0 saturated carbocycles. The zero-order chi connectivity index (χ0) is 17.4. The zero-order valence-electron chi connectivity index (χ0n) is 14.4. The number of hydrogen-bond donors (Lipinski definition) is 3. The van der Waals surface area contributed by atoms with E-state index in [2.05, 4.69) is 25.5 Å². The molecule has 1 aromatic rings. The number of morpholine rings is 1. The third-order valence-corrected chi connectivity index (χ3v) is 4.20. The van der Waals surface area contributed by atoms with Crippen LogP contribution in [0, 0.1) is 5.41 Å². The van der Waals surface area contributed by atoms with Gasteiger partial charge in [0.25, 0.3) is 0 Å². The molecule has 3 rings (SSSR count). The van der Waals surface area contributed by atoms with Crippen molar-refractivity contribution in [2.24, 2.45) is 0 Å². The summed E-state index contributed by atoms with van der Waals surface area (Å²) in [6.07, 6.45) is 3.38. The number of aromatic nitrogens is 2. The van der Waals surface area contributed by atoms with Crippen LogP contribution in [0.15, 0.2) is 0 Å². The van der Waals surface area contributed by atoms with E-state index in [-0.39, 0.29) is 5.28 Å². The van der Waals surface area contributed by atoms with E-state index in [9.17, 15) is 0 Å². The molecule has 0 amide bonds. The van der Waals surface area contributed by atoms with E-state index in [0.29, 0.717) is 30.6 Å². The Bertz CT molecular complexity index is 530. The Kier molecular flexibility index (Phi) is 7.68. The molecule has 3 N–H and O–H groups in total. The fourth-order valence-electron chi connectivity index (χ4n) is 2.85. The zero-order valence-corrected chi connectivity index (χ0v) is 15.2. The van der Waals surface area contributed by atoms with Gasteiger partial charge in [0.2, 0.25) is 5.28 Å². The van der Waals surface area contributed by atoms with E-state index in [4.69, 9.17) is 21.7 Å². The van der Waals surface area contributed by atoms with Crippen LogP contribution in [-0.2, 0) is 4.74 Å². The molecule has 2 aliphatic heterocycles. The van der Waals surface area contributed by atoms with Crippen molar-refractivity contribution in [1.29, 1.82) is 5.41 Å². The fourth-order valence-corrected chi connectivity index (χ4v) is 3.01. The molecule has 0 atom stereocenters. The predicted molar refractivity (Wildman–Crippen MR) is 98.8 cm³/mol. The normalized spacial score (nSPS) is 18.5. The first-order valence-electron chi connectivity index (χ1n) is 8.66. The molecule has 134 valence electrons. The molecule has 2 aliphatic rings. The maximum absolute atomic E-state index is 7.77. The Balaban J connectivity index is 0.00000100. The smallest absolute Gasteiger partial charge is 0.226 e. The molecule has 24 heavy (non-hydrogen) atoms. The Morgan fingerprint density at radius 3 is 2.54 bits per heavy atom.